The zero-order valence-corrected chi connectivity index (χ0v) is 13.7. The molecule has 0 aliphatic rings. The highest BCUT2D eigenvalue weighted by molar-refractivity contribution is 8.10. The highest BCUT2D eigenvalue weighted by Crippen LogP contribution is 2.62. The first-order valence-electron chi connectivity index (χ1n) is 5.65. The molecule has 29 heavy (non-hydrogen) atoms. The molecule has 0 aromatic rings. The van der Waals surface area contributed by atoms with Gasteiger partial charge in [0.15, 0.2) is 0 Å². The quantitative estimate of drug-likeness (QED) is 0.375. The SMILES string of the molecule is O=C(OS(=O)(=O)Cl)C(F)(F)C(F)(F)C(F)(F)C(F)(F)C(F)(F)C(F)(F)C(F)(F)F. The molecule has 0 aliphatic carbocycles. The summed E-state index contributed by atoms with van der Waals surface area (Å²) in [6, 6.07) is 0. The summed E-state index contributed by atoms with van der Waals surface area (Å²) < 4.78 is 213. The molecule has 0 heterocycles. The topological polar surface area (TPSA) is 60.4 Å². The Morgan fingerprint density at radius 1 is 0.586 bits per heavy atom. The normalized spacial score (nSPS) is 16.0. The van der Waals surface area contributed by atoms with Crippen molar-refractivity contribution in [1.82, 2.24) is 0 Å². The van der Waals surface area contributed by atoms with Crippen LogP contribution in [0.3, 0.4) is 0 Å². The lowest BCUT2D eigenvalue weighted by molar-refractivity contribution is -0.450. The van der Waals surface area contributed by atoms with Crippen molar-refractivity contribution < 1.29 is 83.3 Å². The van der Waals surface area contributed by atoms with Gasteiger partial charge in [0.2, 0.25) is 0 Å². The zero-order valence-electron chi connectivity index (χ0n) is 12.1. The molecular formula is C8ClF15O4S. The zero-order chi connectivity index (χ0) is 24.3. The fraction of sp³-hybridized carbons (Fsp3) is 0.875. The van der Waals surface area contributed by atoms with E-state index in [0.717, 1.165) is 0 Å². The van der Waals surface area contributed by atoms with Gasteiger partial charge in [0.05, 0.1) is 10.7 Å². The van der Waals surface area contributed by atoms with Gasteiger partial charge in [0.1, 0.15) is 0 Å². The van der Waals surface area contributed by atoms with Crippen molar-refractivity contribution in [2.75, 3.05) is 0 Å². The maximum Gasteiger partial charge on any atom is 0.460 e. The average Bonchev–Trinajstić information content (AvgIpc) is 2.42. The lowest BCUT2D eigenvalue weighted by Gasteiger charge is -2.40. The number of rotatable bonds is 7. The van der Waals surface area contributed by atoms with E-state index in [1.165, 1.54) is 0 Å². The van der Waals surface area contributed by atoms with E-state index in [9.17, 15) is 79.1 Å². The van der Waals surface area contributed by atoms with Crippen LogP contribution in [-0.4, -0.2) is 56.1 Å². The molecule has 174 valence electrons. The van der Waals surface area contributed by atoms with Crippen molar-refractivity contribution in [2.45, 2.75) is 41.7 Å². The van der Waals surface area contributed by atoms with Gasteiger partial charge in [-0.25, -0.2) is 4.79 Å². The molecule has 0 saturated carbocycles. The summed E-state index contributed by atoms with van der Waals surface area (Å²) in [7, 11) is -2.12. The highest BCUT2D eigenvalue weighted by Gasteiger charge is 2.94. The van der Waals surface area contributed by atoms with Crippen LogP contribution in [0.25, 0.3) is 0 Å². The number of carbonyl (C=O) groups excluding carboxylic acids is 1. The van der Waals surface area contributed by atoms with Gasteiger partial charge in [0.25, 0.3) is 0 Å². The van der Waals surface area contributed by atoms with Crippen molar-refractivity contribution in [2.24, 2.45) is 0 Å². The van der Waals surface area contributed by atoms with Crippen LogP contribution in [0.15, 0.2) is 0 Å². The van der Waals surface area contributed by atoms with E-state index in [2.05, 4.69) is 14.9 Å². The fourth-order valence-electron chi connectivity index (χ4n) is 1.24. The van der Waals surface area contributed by atoms with Crippen molar-refractivity contribution in [1.29, 1.82) is 0 Å². The predicted octanol–water partition coefficient (Wildman–Crippen LogP) is 4.39. The summed E-state index contributed by atoms with van der Waals surface area (Å²) in [4.78, 5) is 10.5. The molecule has 0 saturated heterocycles. The average molecular weight is 513 g/mol. The Balaban J connectivity index is 6.61. The highest BCUT2D eigenvalue weighted by atomic mass is 35.7. The Morgan fingerprint density at radius 3 is 1.14 bits per heavy atom. The predicted molar refractivity (Wildman–Crippen MR) is 56.6 cm³/mol. The first-order chi connectivity index (χ1) is 12.1. The molecule has 0 atom stereocenters. The smallest absolute Gasteiger partial charge is 0.328 e. The van der Waals surface area contributed by atoms with E-state index >= 15 is 0 Å². The van der Waals surface area contributed by atoms with Crippen LogP contribution in [0.2, 0.25) is 0 Å². The molecule has 0 spiro atoms. The second kappa shape index (κ2) is 6.84. The molecule has 0 bridgehead atoms. The molecule has 0 aromatic heterocycles. The third-order valence-corrected chi connectivity index (χ3v) is 3.30. The first-order valence-corrected chi connectivity index (χ1v) is 7.88. The van der Waals surface area contributed by atoms with Gasteiger partial charge in [-0.3, -0.25) is 0 Å². The minimum atomic E-state index is -8.62. The lowest BCUT2D eigenvalue weighted by Crippen LogP contribution is -2.73. The molecule has 0 N–H and O–H groups in total. The molecule has 21 heteroatoms. The monoisotopic (exact) mass is 512 g/mol. The second-order valence-corrected chi connectivity index (χ2v) is 6.79. The lowest BCUT2D eigenvalue weighted by atomic mass is 9.91. The third-order valence-electron chi connectivity index (χ3n) is 2.76. The van der Waals surface area contributed by atoms with Crippen molar-refractivity contribution in [3.05, 3.63) is 0 Å². The molecular weight excluding hydrogens is 513 g/mol. The molecule has 4 nitrogen and oxygen atoms in total. The standard InChI is InChI=1S/C8ClF15O4S/c9-29(26,27)28-1(25)2(10,11)3(12,13)4(14,15)5(16,17)6(18,19)7(20,21)8(22,23)24. The molecule has 0 rings (SSSR count). The molecule has 0 aliphatic heterocycles. The summed E-state index contributed by atoms with van der Waals surface area (Å²) >= 11 is 0. The summed E-state index contributed by atoms with van der Waals surface area (Å²) in [6.45, 7) is 0. The van der Waals surface area contributed by atoms with Crippen LogP contribution in [0.5, 0.6) is 0 Å². The Hall–Kier alpha value is -1.34. The first kappa shape index (κ1) is 27.7. The van der Waals surface area contributed by atoms with E-state index < -0.39 is 57.0 Å². The van der Waals surface area contributed by atoms with E-state index in [1.54, 1.807) is 0 Å². The molecule has 0 radical (unpaired) electrons. The van der Waals surface area contributed by atoms with E-state index in [1.807, 2.05) is 0 Å². The Morgan fingerprint density at radius 2 is 0.862 bits per heavy atom. The van der Waals surface area contributed by atoms with Crippen LogP contribution < -0.4 is 0 Å². The van der Waals surface area contributed by atoms with Crippen LogP contribution in [0, 0.1) is 0 Å². The van der Waals surface area contributed by atoms with Gasteiger partial charge in [-0.1, -0.05) is 0 Å². The number of carbonyl (C=O) groups is 1. The maximum absolute atomic E-state index is 13.1. The number of alkyl halides is 15. The van der Waals surface area contributed by atoms with Crippen LogP contribution >= 0.6 is 10.7 Å². The molecule has 0 fully saturated rings. The van der Waals surface area contributed by atoms with Gasteiger partial charge >= 0.3 is 57.0 Å². The van der Waals surface area contributed by atoms with Gasteiger partial charge in [-0.15, -0.1) is 0 Å². The van der Waals surface area contributed by atoms with Crippen molar-refractivity contribution in [3.8, 4) is 0 Å². The maximum atomic E-state index is 13.1. The van der Waals surface area contributed by atoms with E-state index in [-0.39, 0.29) is 0 Å². The molecule has 0 aromatic carbocycles. The number of hydrogen-bond donors (Lipinski definition) is 0. The fourth-order valence-corrected chi connectivity index (χ4v) is 1.69. The van der Waals surface area contributed by atoms with Gasteiger partial charge in [-0.05, 0) is 0 Å². The third kappa shape index (κ3) is 4.00. The summed E-state index contributed by atoms with van der Waals surface area (Å²) in [6.07, 6.45) is -7.78. The van der Waals surface area contributed by atoms with Crippen molar-refractivity contribution in [3.63, 3.8) is 0 Å². The van der Waals surface area contributed by atoms with Gasteiger partial charge in [-0.2, -0.15) is 74.3 Å². The Bertz CT molecular complexity index is 755. The Kier molecular flexibility index (Phi) is 6.52. The van der Waals surface area contributed by atoms with Crippen molar-refractivity contribution >= 4 is 26.0 Å². The second-order valence-electron chi connectivity index (χ2n) is 4.71. The van der Waals surface area contributed by atoms with Crippen LogP contribution in [0.1, 0.15) is 0 Å². The summed E-state index contributed by atoms with van der Waals surface area (Å²) in [5.74, 6) is -54.0. The summed E-state index contributed by atoms with van der Waals surface area (Å²) in [5.41, 5.74) is 0. The molecule has 0 unspecified atom stereocenters. The Labute approximate surface area is 152 Å². The molecule has 0 amide bonds. The van der Waals surface area contributed by atoms with Crippen LogP contribution in [0.4, 0.5) is 65.9 Å². The number of halogens is 16. The van der Waals surface area contributed by atoms with E-state index in [0.29, 0.717) is 0 Å². The van der Waals surface area contributed by atoms with Gasteiger partial charge < -0.3 is 4.18 Å². The van der Waals surface area contributed by atoms with Gasteiger partial charge in [0, 0.05) is 0 Å². The largest absolute Gasteiger partial charge is 0.460 e. The minimum absolute atomic E-state index is 2.28. The van der Waals surface area contributed by atoms with Crippen LogP contribution in [-0.2, 0) is 18.3 Å². The number of hydrogen-bond acceptors (Lipinski definition) is 4. The van der Waals surface area contributed by atoms with E-state index in [4.69, 9.17) is 0 Å². The minimum Gasteiger partial charge on any atom is -0.328 e. The summed E-state index contributed by atoms with van der Waals surface area (Å²) in [5, 5.41) is 0.